The Bertz CT molecular complexity index is 742. The summed E-state index contributed by atoms with van der Waals surface area (Å²) in [5, 5.41) is 15.6. The van der Waals surface area contributed by atoms with Crippen LogP contribution in [-0.2, 0) is 11.2 Å². The third-order valence-corrected chi connectivity index (χ3v) is 5.74. The van der Waals surface area contributed by atoms with Crippen molar-refractivity contribution in [1.29, 1.82) is 0 Å². The Kier molecular flexibility index (Phi) is 4.26. The van der Waals surface area contributed by atoms with E-state index in [0.717, 1.165) is 37.3 Å². The molecule has 7 heteroatoms. The average Bonchev–Trinajstić information content (AvgIpc) is 3.34. The van der Waals surface area contributed by atoms with Gasteiger partial charge in [0.25, 0.3) is 0 Å². The predicted molar refractivity (Wildman–Crippen MR) is 91.7 cm³/mol. The highest BCUT2D eigenvalue weighted by Gasteiger charge is 2.30. The first kappa shape index (κ1) is 15.6. The van der Waals surface area contributed by atoms with Gasteiger partial charge in [-0.1, -0.05) is 36.0 Å². The first-order valence-corrected chi connectivity index (χ1v) is 9.43. The third kappa shape index (κ3) is 3.17. The summed E-state index contributed by atoms with van der Waals surface area (Å²) in [6, 6.07) is 8.94. The molecule has 2 aliphatic carbocycles. The van der Waals surface area contributed by atoms with E-state index in [-0.39, 0.29) is 17.2 Å². The van der Waals surface area contributed by atoms with Crippen molar-refractivity contribution in [1.82, 2.24) is 25.5 Å². The lowest BCUT2D eigenvalue weighted by atomic mass is 9.88. The van der Waals surface area contributed by atoms with Gasteiger partial charge in [-0.05, 0) is 60.6 Å². The fraction of sp³-hybridized carbons (Fsp3) is 0.529. The topological polar surface area (TPSA) is 72.7 Å². The molecule has 24 heavy (non-hydrogen) atoms. The fourth-order valence-corrected chi connectivity index (χ4v) is 4.08. The molecular formula is C17H21N5OS. The van der Waals surface area contributed by atoms with E-state index in [1.165, 1.54) is 22.9 Å². The lowest BCUT2D eigenvalue weighted by Gasteiger charge is -2.27. The van der Waals surface area contributed by atoms with E-state index in [4.69, 9.17) is 0 Å². The molecule has 1 fully saturated rings. The highest BCUT2D eigenvalue weighted by molar-refractivity contribution is 8.00. The number of rotatable bonds is 5. The van der Waals surface area contributed by atoms with Crippen molar-refractivity contribution >= 4 is 17.7 Å². The minimum atomic E-state index is -0.220. The van der Waals surface area contributed by atoms with Crippen LogP contribution >= 0.6 is 11.8 Å². The van der Waals surface area contributed by atoms with E-state index in [1.807, 2.05) is 17.7 Å². The van der Waals surface area contributed by atoms with Crippen molar-refractivity contribution in [3.8, 4) is 0 Å². The van der Waals surface area contributed by atoms with E-state index in [1.54, 1.807) is 0 Å². The minimum absolute atomic E-state index is 0.0482. The van der Waals surface area contributed by atoms with Gasteiger partial charge in [-0.3, -0.25) is 4.79 Å². The Morgan fingerprint density at radius 2 is 2.17 bits per heavy atom. The monoisotopic (exact) mass is 343 g/mol. The zero-order valence-corrected chi connectivity index (χ0v) is 14.5. The highest BCUT2D eigenvalue weighted by atomic mass is 32.2. The molecule has 4 rings (SSSR count). The van der Waals surface area contributed by atoms with Crippen LogP contribution in [0.25, 0.3) is 0 Å². The van der Waals surface area contributed by atoms with Crippen molar-refractivity contribution in [2.24, 2.45) is 0 Å². The van der Waals surface area contributed by atoms with Crippen LogP contribution in [0.1, 0.15) is 55.8 Å². The number of nitrogens with one attached hydrogen (secondary N) is 1. The first-order valence-electron chi connectivity index (χ1n) is 8.55. The number of tetrazole rings is 1. The summed E-state index contributed by atoms with van der Waals surface area (Å²) < 4.78 is 1.85. The van der Waals surface area contributed by atoms with E-state index in [2.05, 4.69) is 39.0 Å². The van der Waals surface area contributed by atoms with Gasteiger partial charge in [0, 0.05) is 0 Å². The van der Waals surface area contributed by atoms with Gasteiger partial charge in [-0.15, -0.1) is 5.10 Å². The summed E-state index contributed by atoms with van der Waals surface area (Å²) in [6.45, 7) is 1.92. The number of hydrogen-bond acceptors (Lipinski definition) is 5. The number of thioether (sulfide) groups is 1. The first-order chi connectivity index (χ1) is 11.7. The number of fused-ring (bicyclic) bond motifs is 1. The molecule has 0 radical (unpaired) electrons. The summed E-state index contributed by atoms with van der Waals surface area (Å²) in [7, 11) is 0. The van der Waals surface area contributed by atoms with Crippen LogP contribution in [0.15, 0.2) is 29.4 Å². The smallest absolute Gasteiger partial charge is 0.233 e. The summed E-state index contributed by atoms with van der Waals surface area (Å²) in [5.74, 6) is 0.0482. The van der Waals surface area contributed by atoms with E-state index < -0.39 is 0 Å². The SMILES string of the molecule is C[C@H](Sc1nnnn1C1CC1)C(=O)N[C@@H]1CCCc2ccccc21. The molecule has 0 spiro atoms. The van der Waals surface area contributed by atoms with Gasteiger partial charge in [-0.25, -0.2) is 4.68 Å². The number of aryl methyl sites for hydroxylation is 1. The quantitative estimate of drug-likeness (QED) is 0.845. The highest BCUT2D eigenvalue weighted by Crippen LogP contribution is 2.37. The maximum atomic E-state index is 12.6. The van der Waals surface area contributed by atoms with Crippen LogP contribution in [0.4, 0.5) is 0 Å². The van der Waals surface area contributed by atoms with Gasteiger partial charge < -0.3 is 5.32 Å². The number of hydrogen-bond donors (Lipinski definition) is 1. The summed E-state index contributed by atoms with van der Waals surface area (Å²) >= 11 is 1.44. The maximum Gasteiger partial charge on any atom is 0.233 e. The molecule has 1 saturated carbocycles. The van der Waals surface area contributed by atoms with Crippen LogP contribution < -0.4 is 5.32 Å². The van der Waals surface area contributed by atoms with Crippen LogP contribution in [-0.4, -0.2) is 31.4 Å². The van der Waals surface area contributed by atoms with Gasteiger partial charge in [0.1, 0.15) is 0 Å². The molecule has 2 atom stereocenters. The molecule has 1 aromatic heterocycles. The summed E-state index contributed by atoms with van der Waals surface area (Å²) in [6.07, 6.45) is 5.46. The molecule has 0 saturated heterocycles. The Morgan fingerprint density at radius 3 is 3.00 bits per heavy atom. The second-order valence-corrected chi connectivity index (χ2v) is 7.86. The van der Waals surface area contributed by atoms with Gasteiger partial charge in [-0.2, -0.15) is 0 Å². The molecule has 2 aromatic rings. The van der Waals surface area contributed by atoms with Crippen LogP contribution in [0.5, 0.6) is 0 Å². The second kappa shape index (κ2) is 6.55. The zero-order valence-electron chi connectivity index (χ0n) is 13.7. The number of aromatic nitrogens is 4. The largest absolute Gasteiger partial charge is 0.348 e. The average molecular weight is 343 g/mol. The molecule has 126 valence electrons. The molecule has 1 N–H and O–H groups in total. The second-order valence-electron chi connectivity index (χ2n) is 6.55. The van der Waals surface area contributed by atoms with Crippen LogP contribution in [0.2, 0.25) is 0 Å². The fourth-order valence-electron chi connectivity index (χ4n) is 3.22. The Labute approximate surface area is 145 Å². The van der Waals surface area contributed by atoms with E-state index in [9.17, 15) is 4.79 Å². The minimum Gasteiger partial charge on any atom is -0.348 e. The molecule has 2 aliphatic rings. The lowest BCUT2D eigenvalue weighted by Crippen LogP contribution is -2.36. The molecule has 1 amide bonds. The third-order valence-electron chi connectivity index (χ3n) is 4.69. The van der Waals surface area contributed by atoms with E-state index in [0.29, 0.717) is 6.04 Å². The van der Waals surface area contributed by atoms with E-state index >= 15 is 0 Å². The Balaban J connectivity index is 1.42. The molecule has 1 aromatic carbocycles. The van der Waals surface area contributed by atoms with Gasteiger partial charge >= 0.3 is 0 Å². The maximum absolute atomic E-state index is 12.6. The molecule has 0 bridgehead atoms. The van der Waals surface area contributed by atoms with Crippen LogP contribution in [0, 0.1) is 0 Å². The van der Waals surface area contributed by atoms with Crippen molar-refractivity contribution in [3.05, 3.63) is 35.4 Å². The number of nitrogens with zero attached hydrogens (tertiary/aromatic N) is 4. The standard InChI is InChI=1S/C17H21N5OS/c1-11(24-17-19-20-21-22(17)13-9-10-13)16(23)18-15-8-4-6-12-5-2-3-7-14(12)15/h2-3,5,7,11,13,15H,4,6,8-10H2,1H3,(H,18,23)/t11-,15+/m0/s1. The van der Waals surface area contributed by atoms with Crippen molar-refractivity contribution in [3.63, 3.8) is 0 Å². The number of amides is 1. The van der Waals surface area contributed by atoms with Crippen molar-refractivity contribution in [2.45, 2.75) is 61.5 Å². The van der Waals surface area contributed by atoms with Gasteiger partial charge in [0.05, 0.1) is 17.3 Å². The van der Waals surface area contributed by atoms with Crippen molar-refractivity contribution < 1.29 is 4.79 Å². The number of carbonyl (C=O) groups is 1. The number of carbonyl (C=O) groups excluding carboxylic acids is 1. The zero-order chi connectivity index (χ0) is 16.5. The van der Waals surface area contributed by atoms with Crippen molar-refractivity contribution in [2.75, 3.05) is 0 Å². The number of benzene rings is 1. The molecule has 1 heterocycles. The van der Waals surface area contributed by atoms with Crippen LogP contribution in [0.3, 0.4) is 0 Å². The Morgan fingerprint density at radius 1 is 1.33 bits per heavy atom. The molecular weight excluding hydrogens is 322 g/mol. The predicted octanol–water partition coefficient (Wildman–Crippen LogP) is 2.68. The Hall–Kier alpha value is -1.89. The molecule has 6 nitrogen and oxygen atoms in total. The summed E-state index contributed by atoms with van der Waals surface area (Å²) in [4.78, 5) is 12.6. The molecule has 0 aliphatic heterocycles. The lowest BCUT2D eigenvalue weighted by molar-refractivity contribution is -0.121. The normalized spacial score (nSPS) is 21.1. The molecule has 0 unspecified atom stereocenters. The van der Waals surface area contributed by atoms with Gasteiger partial charge in [0.15, 0.2) is 0 Å². The van der Waals surface area contributed by atoms with Gasteiger partial charge in [0.2, 0.25) is 11.1 Å². The summed E-state index contributed by atoms with van der Waals surface area (Å²) in [5.41, 5.74) is 2.61.